The van der Waals surface area contributed by atoms with E-state index in [0.717, 1.165) is 0 Å². The van der Waals surface area contributed by atoms with E-state index < -0.39 is 23.0 Å². The molecule has 1 atom stereocenters. The number of hydrogen-bond acceptors (Lipinski definition) is 4. The molecule has 0 bridgehead atoms. The molecule has 0 aromatic heterocycles. The molecule has 1 aliphatic heterocycles. The molecular formula is C13H15N3O5. The molecule has 0 aliphatic carbocycles. The van der Waals surface area contributed by atoms with Crippen LogP contribution in [0.2, 0.25) is 0 Å². The predicted octanol–water partition coefficient (Wildman–Crippen LogP) is 1.98. The number of aryl methyl sites for hydroxylation is 1. The van der Waals surface area contributed by atoms with Gasteiger partial charge in [0.2, 0.25) is 0 Å². The number of hydrogen-bond donors (Lipinski definition) is 2. The van der Waals surface area contributed by atoms with Crippen LogP contribution in [0.1, 0.15) is 18.4 Å². The van der Waals surface area contributed by atoms with E-state index in [0.29, 0.717) is 30.6 Å². The molecule has 1 aliphatic rings. The van der Waals surface area contributed by atoms with Crippen molar-refractivity contribution in [3.8, 4) is 0 Å². The van der Waals surface area contributed by atoms with Gasteiger partial charge in [-0.25, -0.2) is 9.59 Å². The lowest BCUT2D eigenvalue weighted by molar-refractivity contribution is -0.385. The van der Waals surface area contributed by atoms with Gasteiger partial charge in [0, 0.05) is 23.9 Å². The van der Waals surface area contributed by atoms with Gasteiger partial charge in [-0.15, -0.1) is 0 Å². The molecule has 1 aromatic rings. The van der Waals surface area contributed by atoms with Crippen LogP contribution in [0.5, 0.6) is 0 Å². The third-order valence-electron chi connectivity index (χ3n) is 3.44. The number of urea groups is 1. The molecule has 2 rings (SSSR count). The second kappa shape index (κ2) is 5.78. The highest BCUT2D eigenvalue weighted by molar-refractivity contribution is 5.92. The summed E-state index contributed by atoms with van der Waals surface area (Å²) in [5, 5.41) is 22.3. The van der Waals surface area contributed by atoms with Gasteiger partial charge in [0.1, 0.15) is 6.04 Å². The maximum absolute atomic E-state index is 12.1. The first-order chi connectivity index (χ1) is 9.90. The molecule has 112 valence electrons. The van der Waals surface area contributed by atoms with Crippen LogP contribution in [0.3, 0.4) is 0 Å². The summed E-state index contributed by atoms with van der Waals surface area (Å²) in [6.07, 6.45) is 1.08. The Kier molecular flexibility index (Phi) is 4.06. The van der Waals surface area contributed by atoms with Crippen molar-refractivity contribution in [3.63, 3.8) is 0 Å². The van der Waals surface area contributed by atoms with E-state index in [9.17, 15) is 19.7 Å². The second-order valence-electron chi connectivity index (χ2n) is 4.88. The van der Waals surface area contributed by atoms with E-state index >= 15 is 0 Å². The maximum Gasteiger partial charge on any atom is 0.326 e. The van der Waals surface area contributed by atoms with E-state index in [1.54, 1.807) is 6.92 Å². The molecule has 0 spiro atoms. The lowest BCUT2D eigenvalue weighted by atomic mass is 10.2. The standard InChI is InChI=1S/C13H15N3O5/c1-8-7-9(4-5-10(8)16(20)21)14-13(19)15-6-2-3-11(15)12(17)18/h4-5,7,11H,2-3,6H2,1H3,(H,14,19)(H,17,18). The highest BCUT2D eigenvalue weighted by Gasteiger charge is 2.34. The molecule has 1 aromatic carbocycles. The van der Waals surface area contributed by atoms with Crippen molar-refractivity contribution in [2.45, 2.75) is 25.8 Å². The summed E-state index contributed by atoms with van der Waals surface area (Å²) in [7, 11) is 0. The van der Waals surface area contributed by atoms with Crippen molar-refractivity contribution >= 4 is 23.4 Å². The highest BCUT2D eigenvalue weighted by Crippen LogP contribution is 2.23. The summed E-state index contributed by atoms with van der Waals surface area (Å²) >= 11 is 0. The Labute approximate surface area is 120 Å². The van der Waals surface area contributed by atoms with Crippen molar-refractivity contribution in [2.75, 3.05) is 11.9 Å². The number of carboxylic acid groups (broad SMARTS) is 1. The van der Waals surface area contributed by atoms with Crippen LogP contribution in [-0.2, 0) is 4.79 Å². The molecule has 1 unspecified atom stereocenters. The van der Waals surface area contributed by atoms with E-state index in [1.165, 1.54) is 23.1 Å². The maximum atomic E-state index is 12.1. The van der Waals surface area contributed by atoms with Crippen LogP contribution in [0.15, 0.2) is 18.2 Å². The zero-order valence-electron chi connectivity index (χ0n) is 11.4. The number of carbonyl (C=O) groups excluding carboxylic acids is 1. The zero-order chi connectivity index (χ0) is 15.6. The number of rotatable bonds is 3. The molecule has 2 amide bonds. The Morgan fingerprint density at radius 2 is 2.19 bits per heavy atom. The minimum absolute atomic E-state index is 0.0300. The van der Waals surface area contributed by atoms with Gasteiger partial charge < -0.3 is 15.3 Å². The van der Waals surface area contributed by atoms with Gasteiger partial charge in [-0.2, -0.15) is 0 Å². The molecule has 2 N–H and O–H groups in total. The van der Waals surface area contributed by atoms with Crippen LogP contribution < -0.4 is 5.32 Å². The zero-order valence-corrected chi connectivity index (χ0v) is 11.4. The second-order valence-corrected chi connectivity index (χ2v) is 4.88. The van der Waals surface area contributed by atoms with Gasteiger partial charge in [0.05, 0.1) is 4.92 Å². The van der Waals surface area contributed by atoms with Crippen molar-refractivity contribution in [1.29, 1.82) is 0 Å². The summed E-state index contributed by atoms with van der Waals surface area (Å²) in [4.78, 5) is 34.6. The fourth-order valence-electron chi connectivity index (χ4n) is 2.40. The molecule has 21 heavy (non-hydrogen) atoms. The normalized spacial score (nSPS) is 17.6. The number of nitrogens with one attached hydrogen (secondary N) is 1. The molecule has 0 saturated carbocycles. The fourth-order valence-corrected chi connectivity index (χ4v) is 2.40. The largest absolute Gasteiger partial charge is 0.480 e. The van der Waals surface area contributed by atoms with Gasteiger partial charge in [-0.1, -0.05) is 0 Å². The van der Waals surface area contributed by atoms with Crippen LogP contribution in [0.4, 0.5) is 16.2 Å². The molecule has 1 heterocycles. The lowest BCUT2D eigenvalue weighted by Crippen LogP contribution is -2.42. The monoisotopic (exact) mass is 293 g/mol. The quantitative estimate of drug-likeness (QED) is 0.653. The molecule has 1 fully saturated rings. The number of nitro groups is 1. The number of carbonyl (C=O) groups is 2. The molecule has 8 heteroatoms. The number of benzene rings is 1. The first kappa shape index (κ1) is 14.8. The third-order valence-corrected chi connectivity index (χ3v) is 3.44. The van der Waals surface area contributed by atoms with E-state index in [1.807, 2.05) is 0 Å². The van der Waals surface area contributed by atoms with E-state index in [-0.39, 0.29) is 5.69 Å². The van der Waals surface area contributed by atoms with Crippen LogP contribution in [0, 0.1) is 17.0 Å². The number of nitrogens with zero attached hydrogens (tertiary/aromatic N) is 2. The Morgan fingerprint density at radius 1 is 1.48 bits per heavy atom. The SMILES string of the molecule is Cc1cc(NC(=O)N2CCCC2C(=O)O)ccc1[N+](=O)[O-]. The van der Waals surface area contributed by atoms with Crippen molar-refractivity contribution in [2.24, 2.45) is 0 Å². The van der Waals surface area contributed by atoms with Gasteiger partial charge >= 0.3 is 12.0 Å². The smallest absolute Gasteiger partial charge is 0.326 e. The average Bonchev–Trinajstić information content (AvgIpc) is 2.87. The molecule has 1 saturated heterocycles. The summed E-state index contributed by atoms with van der Waals surface area (Å²) in [6.45, 7) is 1.96. The number of carboxylic acids is 1. The number of anilines is 1. The third kappa shape index (κ3) is 3.10. The fraction of sp³-hybridized carbons (Fsp3) is 0.385. The lowest BCUT2D eigenvalue weighted by Gasteiger charge is -2.21. The Bertz CT molecular complexity index is 601. The highest BCUT2D eigenvalue weighted by atomic mass is 16.6. The predicted molar refractivity (Wildman–Crippen MR) is 74.2 cm³/mol. The Morgan fingerprint density at radius 3 is 2.76 bits per heavy atom. The van der Waals surface area contributed by atoms with Crippen LogP contribution in [0.25, 0.3) is 0 Å². The minimum atomic E-state index is -1.03. The summed E-state index contributed by atoms with van der Waals surface area (Å²) in [5.41, 5.74) is 0.797. The van der Waals surface area contributed by atoms with Gasteiger partial charge in [-0.05, 0) is 31.9 Å². The molecule has 0 radical (unpaired) electrons. The summed E-state index contributed by atoms with van der Waals surface area (Å²) in [6, 6.07) is 2.90. The van der Waals surface area contributed by atoms with Crippen molar-refractivity contribution < 1.29 is 19.6 Å². The summed E-state index contributed by atoms with van der Waals surface area (Å²) in [5.74, 6) is -1.03. The van der Waals surface area contributed by atoms with Gasteiger partial charge in [-0.3, -0.25) is 10.1 Å². The van der Waals surface area contributed by atoms with Crippen molar-refractivity contribution in [3.05, 3.63) is 33.9 Å². The number of aliphatic carboxylic acids is 1. The first-order valence-corrected chi connectivity index (χ1v) is 6.45. The van der Waals surface area contributed by atoms with E-state index in [4.69, 9.17) is 5.11 Å². The van der Waals surface area contributed by atoms with E-state index in [2.05, 4.69) is 5.32 Å². The van der Waals surface area contributed by atoms with Gasteiger partial charge in [0.15, 0.2) is 0 Å². The Hall–Kier alpha value is -2.64. The topological polar surface area (TPSA) is 113 Å². The summed E-state index contributed by atoms with van der Waals surface area (Å²) < 4.78 is 0. The van der Waals surface area contributed by atoms with Crippen molar-refractivity contribution in [1.82, 2.24) is 4.90 Å². The number of nitro benzene ring substituents is 1. The number of likely N-dealkylation sites (tertiary alicyclic amines) is 1. The Balaban J connectivity index is 2.11. The minimum Gasteiger partial charge on any atom is -0.480 e. The molecular weight excluding hydrogens is 278 g/mol. The number of amides is 2. The van der Waals surface area contributed by atoms with Crippen LogP contribution >= 0.6 is 0 Å². The van der Waals surface area contributed by atoms with Crippen LogP contribution in [-0.4, -0.2) is 39.5 Å². The first-order valence-electron chi connectivity index (χ1n) is 6.45. The molecule has 8 nitrogen and oxygen atoms in total. The van der Waals surface area contributed by atoms with Gasteiger partial charge in [0.25, 0.3) is 5.69 Å². The average molecular weight is 293 g/mol.